The van der Waals surface area contributed by atoms with E-state index in [1.165, 1.54) is 25.7 Å². The minimum atomic E-state index is 0.919. The van der Waals surface area contributed by atoms with Crippen LogP contribution in [-0.2, 0) is 0 Å². The summed E-state index contributed by atoms with van der Waals surface area (Å²) in [5, 5.41) is 0. The molecule has 0 radical (unpaired) electrons. The highest BCUT2D eigenvalue weighted by molar-refractivity contribution is 14.1. The Morgan fingerprint density at radius 1 is 0.556 bits per heavy atom. The Kier molecular flexibility index (Phi) is 5.71. The lowest BCUT2D eigenvalue weighted by atomic mass is 9.61. The highest BCUT2D eigenvalue weighted by Gasteiger charge is 2.41. The van der Waals surface area contributed by atoms with Gasteiger partial charge in [0, 0.05) is 7.85 Å². The van der Waals surface area contributed by atoms with Crippen molar-refractivity contribution in [1.29, 1.82) is 0 Å². The molecule has 0 saturated heterocycles. The van der Waals surface area contributed by atoms with Gasteiger partial charge in [-0.05, 0) is 61.2 Å². The van der Waals surface area contributed by atoms with E-state index in [1.54, 1.807) is 0 Å². The van der Waals surface area contributed by atoms with Crippen LogP contribution in [0.2, 0.25) is 0 Å². The predicted octanol–water partition coefficient (Wildman–Crippen LogP) is 5.96. The molecule has 0 spiro atoms. The van der Waals surface area contributed by atoms with Gasteiger partial charge in [-0.25, -0.2) is 0 Å². The van der Waals surface area contributed by atoms with Crippen molar-refractivity contribution in [2.45, 2.75) is 61.2 Å². The van der Waals surface area contributed by atoms with E-state index in [4.69, 9.17) is 0 Å². The van der Waals surface area contributed by atoms with Gasteiger partial charge >= 0.3 is 0 Å². The molecular weight excluding hydrogens is 446 g/mol. The molecule has 2 saturated carbocycles. The predicted molar refractivity (Wildman–Crippen MR) is 97.7 cm³/mol. The fraction of sp³-hybridized carbons (Fsp3) is 1.00. The molecule has 8 atom stereocenters. The van der Waals surface area contributed by atoms with Gasteiger partial charge in [0.25, 0.3) is 0 Å². The molecule has 0 heterocycles. The highest BCUT2D eigenvalue weighted by atomic mass is 127. The van der Waals surface area contributed by atoms with Crippen LogP contribution >= 0.6 is 45.2 Å². The van der Waals surface area contributed by atoms with Crippen molar-refractivity contribution in [1.82, 2.24) is 0 Å². The van der Waals surface area contributed by atoms with Crippen LogP contribution in [0.15, 0.2) is 0 Å². The third-order valence-electron chi connectivity index (χ3n) is 5.73. The number of rotatable bonds is 1. The quantitative estimate of drug-likeness (QED) is 0.325. The average molecular weight is 474 g/mol. The first-order valence-corrected chi connectivity index (χ1v) is 10.2. The van der Waals surface area contributed by atoms with Gasteiger partial charge in [0.2, 0.25) is 0 Å². The molecule has 18 heavy (non-hydrogen) atoms. The zero-order valence-electron chi connectivity index (χ0n) is 12.2. The molecular formula is C16H28I2. The summed E-state index contributed by atoms with van der Waals surface area (Å²) in [6.07, 6.45) is 5.89. The smallest absolute Gasteiger partial charge is 0.0138 e. The minimum absolute atomic E-state index is 0.919. The van der Waals surface area contributed by atoms with E-state index < -0.39 is 0 Å². The Balaban J connectivity index is 2.06. The van der Waals surface area contributed by atoms with Crippen LogP contribution in [0, 0.1) is 35.5 Å². The molecule has 106 valence electrons. The van der Waals surface area contributed by atoms with Gasteiger partial charge in [-0.3, -0.25) is 0 Å². The summed E-state index contributed by atoms with van der Waals surface area (Å²) in [7, 11) is 0. The molecule has 2 fully saturated rings. The molecule has 2 aliphatic carbocycles. The lowest BCUT2D eigenvalue weighted by molar-refractivity contribution is 0.0688. The summed E-state index contributed by atoms with van der Waals surface area (Å²) in [6.45, 7) is 10.0. The van der Waals surface area contributed by atoms with E-state index in [1.807, 2.05) is 0 Å². The molecule has 2 rings (SSSR count). The Bertz CT molecular complexity index is 250. The fourth-order valence-electron chi connectivity index (χ4n) is 4.34. The molecule has 0 nitrogen and oxygen atoms in total. The molecule has 0 aromatic rings. The summed E-state index contributed by atoms with van der Waals surface area (Å²) in [6, 6.07) is 0. The molecule has 2 heteroatoms. The van der Waals surface area contributed by atoms with Crippen molar-refractivity contribution in [3.05, 3.63) is 0 Å². The van der Waals surface area contributed by atoms with E-state index >= 15 is 0 Å². The largest absolute Gasteiger partial charge is 0.0823 e. The monoisotopic (exact) mass is 474 g/mol. The zero-order valence-corrected chi connectivity index (χ0v) is 16.5. The Labute approximate surface area is 141 Å². The topological polar surface area (TPSA) is 0 Å². The van der Waals surface area contributed by atoms with Gasteiger partial charge < -0.3 is 0 Å². The van der Waals surface area contributed by atoms with Gasteiger partial charge in [0.1, 0.15) is 0 Å². The van der Waals surface area contributed by atoms with Gasteiger partial charge in [0.05, 0.1) is 0 Å². The maximum absolute atomic E-state index is 2.69. The minimum Gasteiger partial charge on any atom is -0.0823 e. The van der Waals surface area contributed by atoms with Crippen LogP contribution in [0.3, 0.4) is 0 Å². The number of halogens is 2. The third kappa shape index (κ3) is 3.37. The van der Waals surface area contributed by atoms with Crippen LogP contribution in [0.25, 0.3) is 0 Å². The summed E-state index contributed by atoms with van der Waals surface area (Å²) in [5.74, 6) is 5.79. The van der Waals surface area contributed by atoms with Crippen LogP contribution in [0.4, 0.5) is 0 Å². The average Bonchev–Trinajstić information content (AvgIpc) is 2.29. The first-order chi connectivity index (χ1) is 8.40. The van der Waals surface area contributed by atoms with E-state index in [0.29, 0.717) is 0 Å². The second kappa shape index (κ2) is 6.48. The lowest BCUT2D eigenvalue weighted by Crippen LogP contribution is -2.40. The van der Waals surface area contributed by atoms with E-state index in [9.17, 15) is 0 Å². The maximum Gasteiger partial charge on any atom is 0.0138 e. The maximum atomic E-state index is 2.69. The lowest BCUT2D eigenvalue weighted by Gasteiger charge is -2.47. The van der Waals surface area contributed by atoms with Crippen molar-refractivity contribution in [3.8, 4) is 0 Å². The van der Waals surface area contributed by atoms with Crippen molar-refractivity contribution in [2.24, 2.45) is 35.5 Å². The fourth-order valence-corrected chi connectivity index (χ4v) is 6.53. The molecule has 0 aromatic carbocycles. The highest BCUT2D eigenvalue weighted by Crippen LogP contribution is 2.49. The Morgan fingerprint density at radius 3 is 1.22 bits per heavy atom. The second-order valence-corrected chi connectivity index (χ2v) is 10.4. The van der Waals surface area contributed by atoms with Gasteiger partial charge in [-0.2, -0.15) is 0 Å². The van der Waals surface area contributed by atoms with E-state index in [-0.39, 0.29) is 0 Å². The zero-order chi connectivity index (χ0) is 13.4. The Morgan fingerprint density at radius 2 is 0.889 bits per heavy atom. The summed E-state index contributed by atoms with van der Waals surface area (Å²) in [4.78, 5) is 0. The third-order valence-corrected chi connectivity index (χ3v) is 9.20. The van der Waals surface area contributed by atoms with E-state index in [2.05, 4.69) is 72.9 Å². The molecule has 0 aliphatic heterocycles. The molecule has 0 N–H and O–H groups in total. The molecule has 0 bridgehead atoms. The summed E-state index contributed by atoms with van der Waals surface area (Å²) < 4.78 is 1.84. The number of hydrogen-bond donors (Lipinski definition) is 0. The number of alkyl halides is 2. The van der Waals surface area contributed by atoms with Gasteiger partial charge in [-0.1, -0.05) is 72.9 Å². The normalized spacial score (nSPS) is 54.3. The first kappa shape index (κ1) is 15.8. The summed E-state index contributed by atoms with van der Waals surface area (Å²) >= 11 is 5.38. The number of hydrogen-bond acceptors (Lipinski definition) is 0. The van der Waals surface area contributed by atoms with Crippen molar-refractivity contribution >= 4 is 45.2 Å². The van der Waals surface area contributed by atoms with Crippen molar-refractivity contribution in [3.63, 3.8) is 0 Å². The van der Waals surface area contributed by atoms with Crippen LogP contribution in [0.1, 0.15) is 53.4 Å². The Hall–Kier alpha value is 1.46. The second-order valence-electron chi connectivity index (χ2n) is 7.21. The molecule has 0 amide bonds. The molecule has 0 aromatic heterocycles. The van der Waals surface area contributed by atoms with Crippen LogP contribution < -0.4 is 0 Å². The first-order valence-electron chi connectivity index (χ1n) is 7.68. The van der Waals surface area contributed by atoms with E-state index in [0.717, 1.165) is 43.4 Å². The van der Waals surface area contributed by atoms with Gasteiger partial charge in [-0.15, -0.1) is 0 Å². The summed E-state index contributed by atoms with van der Waals surface area (Å²) in [5.41, 5.74) is 0. The molecule has 8 unspecified atom stereocenters. The van der Waals surface area contributed by atoms with Gasteiger partial charge in [0.15, 0.2) is 0 Å². The van der Waals surface area contributed by atoms with Crippen molar-refractivity contribution in [2.75, 3.05) is 0 Å². The van der Waals surface area contributed by atoms with Crippen LogP contribution in [0.5, 0.6) is 0 Å². The SMILES string of the molecule is CC1CC(C2CC(C)C(I)CC2C)C(C)CC1I. The standard InChI is InChI=1S/C16H28I2/c1-9-7-15(17)11(3)5-13(9)14-6-12(4)16(18)8-10(14)2/h9-16H,5-8H2,1-4H3. The van der Waals surface area contributed by atoms with Crippen LogP contribution in [-0.4, -0.2) is 7.85 Å². The van der Waals surface area contributed by atoms with Crippen molar-refractivity contribution < 1.29 is 0 Å². The molecule has 2 aliphatic rings.